The summed E-state index contributed by atoms with van der Waals surface area (Å²) >= 11 is 0. The number of rotatable bonds is 9. The summed E-state index contributed by atoms with van der Waals surface area (Å²) in [6.07, 6.45) is 6.79. The lowest BCUT2D eigenvalue weighted by Crippen LogP contribution is -2.69. The standard InChI is InChI=1S/C24H42N4O5Si/c1-5-10-25-21(30)26-18-6-8-23(9-7-18)13-19(14-23)28-22(31)27(17-32-11-12-34(2,3)4)20(29)24(28)15-33-16-24/h18-19H,5-17H2,1-4H3,(H2,25,26,30). The van der Waals surface area contributed by atoms with Gasteiger partial charge in [0.25, 0.3) is 5.91 Å². The topological polar surface area (TPSA) is 100 Å². The molecule has 4 fully saturated rings. The molecule has 192 valence electrons. The third kappa shape index (κ3) is 4.99. The van der Waals surface area contributed by atoms with Gasteiger partial charge in [0.2, 0.25) is 0 Å². The van der Waals surface area contributed by atoms with Crippen LogP contribution >= 0.6 is 0 Å². The Morgan fingerprint density at radius 2 is 1.85 bits per heavy atom. The van der Waals surface area contributed by atoms with Crippen LogP contribution in [0.15, 0.2) is 0 Å². The van der Waals surface area contributed by atoms with E-state index in [0.717, 1.165) is 51.0 Å². The van der Waals surface area contributed by atoms with Gasteiger partial charge in [0.1, 0.15) is 6.73 Å². The maximum Gasteiger partial charge on any atom is 0.330 e. The number of hydrogen-bond donors (Lipinski definition) is 2. The van der Waals surface area contributed by atoms with Crippen molar-refractivity contribution in [3.63, 3.8) is 0 Å². The van der Waals surface area contributed by atoms with Crippen molar-refractivity contribution >= 4 is 26.0 Å². The van der Waals surface area contributed by atoms with Gasteiger partial charge in [-0.25, -0.2) is 14.5 Å². The molecular formula is C24H42N4O5Si. The van der Waals surface area contributed by atoms with Gasteiger partial charge in [-0.1, -0.05) is 26.6 Å². The predicted octanol–water partition coefficient (Wildman–Crippen LogP) is 3.13. The van der Waals surface area contributed by atoms with Crippen molar-refractivity contribution in [2.75, 3.05) is 33.1 Å². The van der Waals surface area contributed by atoms with Crippen LogP contribution in [0.4, 0.5) is 9.59 Å². The minimum absolute atomic E-state index is 0.0334. The van der Waals surface area contributed by atoms with Gasteiger partial charge in [-0.2, -0.15) is 0 Å². The highest BCUT2D eigenvalue weighted by atomic mass is 28.3. The molecule has 2 aliphatic heterocycles. The second-order valence-corrected chi connectivity index (χ2v) is 17.6. The first-order valence-corrected chi connectivity index (χ1v) is 16.7. The average Bonchev–Trinajstić information content (AvgIpc) is 2.94. The van der Waals surface area contributed by atoms with E-state index >= 15 is 0 Å². The van der Waals surface area contributed by atoms with Gasteiger partial charge in [0, 0.05) is 33.3 Å². The van der Waals surface area contributed by atoms with Crippen LogP contribution < -0.4 is 10.6 Å². The monoisotopic (exact) mass is 494 g/mol. The quantitative estimate of drug-likeness (QED) is 0.291. The van der Waals surface area contributed by atoms with E-state index < -0.39 is 13.6 Å². The Balaban J connectivity index is 1.29. The van der Waals surface area contributed by atoms with Crippen LogP contribution in [-0.4, -0.2) is 86.6 Å². The van der Waals surface area contributed by atoms with Gasteiger partial charge < -0.3 is 25.0 Å². The van der Waals surface area contributed by atoms with Gasteiger partial charge in [-0.05, 0) is 56.4 Å². The van der Waals surface area contributed by atoms with E-state index in [1.807, 2.05) is 11.8 Å². The molecule has 10 heteroatoms. The minimum Gasteiger partial charge on any atom is -0.375 e. The molecular weight excluding hydrogens is 452 g/mol. The first-order valence-electron chi connectivity index (χ1n) is 12.9. The number of carbonyl (C=O) groups is 3. The molecule has 0 bridgehead atoms. The van der Waals surface area contributed by atoms with E-state index in [1.165, 1.54) is 4.90 Å². The molecule has 2 N–H and O–H groups in total. The van der Waals surface area contributed by atoms with E-state index in [2.05, 4.69) is 30.3 Å². The summed E-state index contributed by atoms with van der Waals surface area (Å²) in [7, 11) is -1.23. The Bertz CT molecular complexity index is 781. The molecule has 34 heavy (non-hydrogen) atoms. The number of nitrogens with zero attached hydrogens (tertiary/aromatic N) is 2. The van der Waals surface area contributed by atoms with Crippen LogP contribution in [0.25, 0.3) is 0 Å². The van der Waals surface area contributed by atoms with Crippen molar-refractivity contribution in [1.29, 1.82) is 0 Å². The largest absolute Gasteiger partial charge is 0.375 e. The van der Waals surface area contributed by atoms with Crippen molar-refractivity contribution in [2.24, 2.45) is 5.41 Å². The Labute approximate surface area is 204 Å². The molecule has 2 spiro atoms. The van der Waals surface area contributed by atoms with Crippen LogP contribution in [0.1, 0.15) is 51.9 Å². The number of carbonyl (C=O) groups excluding carboxylic acids is 3. The second kappa shape index (κ2) is 9.77. The lowest BCUT2D eigenvalue weighted by atomic mass is 9.57. The molecule has 0 unspecified atom stereocenters. The average molecular weight is 495 g/mol. The third-order valence-corrected chi connectivity index (χ3v) is 9.76. The fraction of sp³-hybridized carbons (Fsp3) is 0.875. The van der Waals surface area contributed by atoms with Gasteiger partial charge in [0.15, 0.2) is 5.54 Å². The summed E-state index contributed by atoms with van der Waals surface area (Å²) in [5.41, 5.74) is -0.610. The molecule has 2 saturated carbocycles. The Kier molecular flexibility index (Phi) is 7.31. The molecule has 5 amide bonds. The van der Waals surface area contributed by atoms with Gasteiger partial charge >= 0.3 is 12.1 Å². The van der Waals surface area contributed by atoms with E-state index in [0.29, 0.717) is 13.2 Å². The normalized spacial score (nSPS) is 30.5. The number of nitrogens with one attached hydrogen (secondary N) is 2. The summed E-state index contributed by atoms with van der Waals surface area (Å²) in [4.78, 5) is 41.6. The fourth-order valence-corrected chi connectivity index (χ4v) is 6.60. The Morgan fingerprint density at radius 3 is 2.41 bits per heavy atom. The number of hydrogen-bond acceptors (Lipinski definition) is 5. The first-order chi connectivity index (χ1) is 16.1. The summed E-state index contributed by atoms with van der Waals surface area (Å²) in [6.45, 7) is 10.7. The van der Waals surface area contributed by atoms with Crippen LogP contribution in [0.5, 0.6) is 0 Å². The smallest absolute Gasteiger partial charge is 0.330 e. The fourth-order valence-electron chi connectivity index (χ4n) is 5.85. The molecule has 0 aromatic carbocycles. The van der Waals surface area contributed by atoms with Crippen molar-refractivity contribution < 1.29 is 23.9 Å². The molecule has 2 aliphatic carbocycles. The minimum atomic E-state index is -1.23. The molecule has 9 nitrogen and oxygen atoms in total. The van der Waals surface area contributed by atoms with Gasteiger partial charge in [0.05, 0.1) is 13.2 Å². The molecule has 2 saturated heterocycles. The molecule has 0 aromatic rings. The van der Waals surface area contributed by atoms with Crippen molar-refractivity contribution in [3.8, 4) is 0 Å². The highest BCUT2D eigenvalue weighted by molar-refractivity contribution is 6.76. The highest BCUT2D eigenvalue weighted by Gasteiger charge is 2.66. The van der Waals surface area contributed by atoms with Crippen LogP contribution in [0.3, 0.4) is 0 Å². The van der Waals surface area contributed by atoms with Gasteiger partial charge in [-0.3, -0.25) is 4.79 Å². The molecule has 0 aromatic heterocycles. The predicted molar refractivity (Wildman–Crippen MR) is 131 cm³/mol. The number of amides is 5. The summed E-state index contributed by atoms with van der Waals surface area (Å²) < 4.78 is 11.2. The number of imide groups is 1. The number of urea groups is 2. The molecule has 0 radical (unpaired) electrons. The maximum atomic E-state index is 13.3. The molecule has 2 heterocycles. The zero-order valence-electron chi connectivity index (χ0n) is 21.3. The second-order valence-electron chi connectivity index (χ2n) is 12.0. The number of ether oxygens (including phenoxy) is 2. The van der Waals surface area contributed by atoms with Crippen molar-refractivity contribution in [3.05, 3.63) is 0 Å². The lowest BCUT2D eigenvalue weighted by Gasteiger charge is -2.57. The summed E-state index contributed by atoms with van der Waals surface area (Å²) in [5.74, 6) is -0.163. The zero-order valence-corrected chi connectivity index (χ0v) is 22.3. The van der Waals surface area contributed by atoms with E-state index in [1.54, 1.807) is 0 Å². The highest BCUT2D eigenvalue weighted by Crippen LogP contribution is 2.55. The van der Waals surface area contributed by atoms with Crippen LogP contribution in [0.2, 0.25) is 25.7 Å². The maximum absolute atomic E-state index is 13.3. The van der Waals surface area contributed by atoms with Crippen molar-refractivity contribution in [1.82, 2.24) is 20.4 Å². The van der Waals surface area contributed by atoms with Gasteiger partial charge in [-0.15, -0.1) is 0 Å². The van der Waals surface area contributed by atoms with Crippen molar-refractivity contribution in [2.45, 2.75) is 95.2 Å². The summed E-state index contributed by atoms with van der Waals surface area (Å²) in [6, 6.07) is 0.998. The van der Waals surface area contributed by atoms with E-state index in [9.17, 15) is 14.4 Å². The first kappa shape index (κ1) is 25.4. The summed E-state index contributed by atoms with van der Waals surface area (Å²) in [5, 5.41) is 5.98. The SMILES string of the molecule is CCCNC(=O)NC1CCC2(CC1)CC(N1C(=O)N(COCC[Si](C)(C)C)C(=O)C13COC3)C2. The van der Waals surface area contributed by atoms with E-state index in [4.69, 9.17) is 9.47 Å². The van der Waals surface area contributed by atoms with Crippen LogP contribution in [-0.2, 0) is 14.3 Å². The Hall–Kier alpha value is -1.65. The van der Waals surface area contributed by atoms with E-state index in [-0.39, 0.29) is 55.4 Å². The molecule has 0 atom stereocenters. The zero-order chi connectivity index (χ0) is 24.6. The third-order valence-electron chi connectivity index (χ3n) is 8.06. The lowest BCUT2D eigenvalue weighted by molar-refractivity contribution is -0.171. The molecule has 4 rings (SSSR count). The molecule has 4 aliphatic rings. The van der Waals surface area contributed by atoms with Crippen LogP contribution in [0, 0.1) is 5.41 Å². The Morgan fingerprint density at radius 1 is 1.18 bits per heavy atom.